The number of imidazole rings is 1. The van der Waals surface area contributed by atoms with Crippen molar-refractivity contribution >= 4 is 17.5 Å². The molecule has 0 saturated carbocycles. The fraction of sp³-hybridized carbons (Fsp3) is 0.200. The molecule has 1 aliphatic heterocycles. The van der Waals surface area contributed by atoms with Gasteiger partial charge in [0.25, 0.3) is 11.8 Å². The number of aromatic nitrogens is 3. The van der Waals surface area contributed by atoms with Crippen LogP contribution in [0.15, 0.2) is 73.1 Å². The van der Waals surface area contributed by atoms with Gasteiger partial charge in [-0.05, 0) is 17.2 Å². The summed E-state index contributed by atoms with van der Waals surface area (Å²) in [5, 5.41) is 0. The smallest absolute Gasteiger partial charge is 0.272 e. The van der Waals surface area contributed by atoms with Crippen molar-refractivity contribution in [2.75, 3.05) is 26.2 Å². The van der Waals surface area contributed by atoms with Crippen LogP contribution in [0.3, 0.4) is 0 Å². The van der Waals surface area contributed by atoms with Gasteiger partial charge in [0.15, 0.2) is 11.3 Å². The summed E-state index contributed by atoms with van der Waals surface area (Å²) in [6.07, 6.45) is 1.52. The standard InChI is InChI=1S/C25H24N6O2/c26-23(32)22-24-28-20(15-21(31(24)17-27-22)19-9-5-2-6-10-19)25(33)30-13-11-29(12-14-30)16-18-7-3-1-4-8-18/h1-10,15,17H,11-14,16H2,(H2,26,32). The summed E-state index contributed by atoms with van der Waals surface area (Å²) in [6, 6.07) is 21.7. The van der Waals surface area contributed by atoms with Crippen LogP contribution in [0.25, 0.3) is 16.9 Å². The van der Waals surface area contributed by atoms with Gasteiger partial charge in [0.05, 0.1) is 5.69 Å². The first kappa shape index (κ1) is 20.8. The summed E-state index contributed by atoms with van der Waals surface area (Å²) < 4.78 is 1.70. The van der Waals surface area contributed by atoms with E-state index in [9.17, 15) is 9.59 Å². The van der Waals surface area contributed by atoms with Crippen LogP contribution in [0.1, 0.15) is 26.5 Å². The van der Waals surface area contributed by atoms with E-state index in [1.54, 1.807) is 10.5 Å². The van der Waals surface area contributed by atoms with Crippen molar-refractivity contribution in [3.8, 4) is 11.3 Å². The van der Waals surface area contributed by atoms with Gasteiger partial charge in [-0.15, -0.1) is 0 Å². The van der Waals surface area contributed by atoms with E-state index in [0.717, 1.165) is 30.9 Å². The Morgan fingerprint density at radius 2 is 1.58 bits per heavy atom. The third-order valence-electron chi connectivity index (χ3n) is 5.93. The van der Waals surface area contributed by atoms with E-state index < -0.39 is 5.91 Å². The van der Waals surface area contributed by atoms with Gasteiger partial charge in [-0.2, -0.15) is 0 Å². The molecule has 1 fully saturated rings. The summed E-state index contributed by atoms with van der Waals surface area (Å²) in [6.45, 7) is 3.66. The molecule has 1 aliphatic rings. The molecule has 3 heterocycles. The summed E-state index contributed by atoms with van der Waals surface area (Å²) in [5.41, 5.74) is 9.00. The topological polar surface area (TPSA) is 96.8 Å². The van der Waals surface area contributed by atoms with Crippen molar-refractivity contribution in [2.24, 2.45) is 5.73 Å². The van der Waals surface area contributed by atoms with Gasteiger partial charge < -0.3 is 10.6 Å². The van der Waals surface area contributed by atoms with Crippen LogP contribution in [-0.2, 0) is 6.54 Å². The van der Waals surface area contributed by atoms with E-state index in [2.05, 4.69) is 27.0 Å². The zero-order valence-electron chi connectivity index (χ0n) is 18.1. The molecule has 0 radical (unpaired) electrons. The average Bonchev–Trinajstić information content (AvgIpc) is 3.29. The lowest BCUT2D eigenvalue weighted by Crippen LogP contribution is -2.48. The number of nitrogens with two attached hydrogens (primary N) is 1. The highest BCUT2D eigenvalue weighted by molar-refractivity contribution is 5.99. The maximum Gasteiger partial charge on any atom is 0.272 e. The Kier molecular flexibility index (Phi) is 5.58. The fourth-order valence-corrected chi connectivity index (χ4v) is 4.20. The molecule has 166 valence electrons. The van der Waals surface area contributed by atoms with E-state index in [1.807, 2.05) is 53.4 Å². The van der Waals surface area contributed by atoms with Gasteiger partial charge in [-0.25, -0.2) is 9.97 Å². The Labute approximate surface area is 191 Å². The molecule has 4 aromatic rings. The number of carbonyl (C=O) groups excluding carboxylic acids is 2. The fourth-order valence-electron chi connectivity index (χ4n) is 4.20. The first-order chi connectivity index (χ1) is 16.1. The summed E-state index contributed by atoms with van der Waals surface area (Å²) >= 11 is 0. The van der Waals surface area contributed by atoms with Crippen molar-refractivity contribution in [1.82, 2.24) is 24.2 Å². The van der Waals surface area contributed by atoms with Crippen molar-refractivity contribution in [3.05, 3.63) is 90.0 Å². The van der Waals surface area contributed by atoms with Crippen molar-refractivity contribution in [1.29, 1.82) is 0 Å². The highest BCUT2D eigenvalue weighted by atomic mass is 16.2. The van der Waals surface area contributed by atoms with E-state index in [4.69, 9.17) is 5.73 Å². The van der Waals surface area contributed by atoms with Crippen LogP contribution in [0, 0.1) is 0 Å². The molecule has 0 unspecified atom stereocenters. The first-order valence-electron chi connectivity index (χ1n) is 10.9. The Balaban J connectivity index is 1.42. The maximum atomic E-state index is 13.4. The van der Waals surface area contributed by atoms with Gasteiger partial charge in [0, 0.05) is 32.7 Å². The Bertz CT molecular complexity index is 1290. The summed E-state index contributed by atoms with van der Waals surface area (Å²) in [5.74, 6) is -0.839. The molecule has 2 amide bonds. The number of primary amides is 1. The molecule has 0 spiro atoms. The number of piperazine rings is 1. The lowest BCUT2D eigenvalue weighted by Gasteiger charge is -2.34. The number of fused-ring (bicyclic) bond motifs is 1. The monoisotopic (exact) mass is 440 g/mol. The molecule has 8 heteroatoms. The Morgan fingerprint density at radius 1 is 0.909 bits per heavy atom. The Morgan fingerprint density at radius 3 is 2.24 bits per heavy atom. The predicted octanol–water partition coefficient (Wildman–Crippen LogP) is 2.45. The lowest BCUT2D eigenvalue weighted by atomic mass is 10.1. The molecule has 0 bridgehead atoms. The van der Waals surface area contributed by atoms with Crippen molar-refractivity contribution in [2.45, 2.75) is 6.54 Å². The van der Waals surface area contributed by atoms with E-state index >= 15 is 0 Å². The summed E-state index contributed by atoms with van der Waals surface area (Å²) in [4.78, 5) is 38.1. The maximum absolute atomic E-state index is 13.4. The molecular weight excluding hydrogens is 416 g/mol. The number of hydrogen-bond acceptors (Lipinski definition) is 5. The van der Waals surface area contributed by atoms with E-state index in [1.165, 1.54) is 11.9 Å². The number of amides is 2. The van der Waals surface area contributed by atoms with Gasteiger partial charge in [-0.3, -0.25) is 18.9 Å². The number of rotatable bonds is 5. The minimum absolute atomic E-state index is 0.0505. The normalized spacial score (nSPS) is 14.5. The first-order valence-corrected chi connectivity index (χ1v) is 10.9. The second-order valence-electron chi connectivity index (χ2n) is 8.10. The highest BCUT2D eigenvalue weighted by Crippen LogP contribution is 2.23. The molecule has 5 rings (SSSR count). The number of hydrogen-bond donors (Lipinski definition) is 1. The number of carbonyl (C=O) groups is 2. The van der Waals surface area contributed by atoms with Crippen LogP contribution in [0.2, 0.25) is 0 Å². The molecule has 2 N–H and O–H groups in total. The van der Waals surface area contributed by atoms with Crippen LogP contribution in [0.5, 0.6) is 0 Å². The van der Waals surface area contributed by atoms with Crippen LogP contribution >= 0.6 is 0 Å². The molecule has 8 nitrogen and oxygen atoms in total. The average molecular weight is 441 g/mol. The van der Waals surface area contributed by atoms with Crippen molar-refractivity contribution < 1.29 is 9.59 Å². The molecule has 2 aromatic heterocycles. The third-order valence-corrected chi connectivity index (χ3v) is 5.93. The van der Waals surface area contributed by atoms with Crippen LogP contribution in [-0.4, -0.2) is 62.2 Å². The zero-order valence-corrected chi connectivity index (χ0v) is 18.1. The zero-order chi connectivity index (χ0) is 22.8. The van der Waals surface area contributed by atoms with E-state index in [-0.39, 0.29) is 22.9 Å². The molecular formula is C25H24N6O2. The van der Waals surface area contributed by atoms with Gasteiger partial charge in [0.1, 0.15) is 12.0 Å². The molecule has 1 saturated heterocycles. The van der Waals surface area contributed by atoms with Gasteiger partial charge in [0.2, 0.25) is 0 Å². The second kappa shape index (κ2) is 8.84. The molecule has 0 atom stereocenters. The predicted molar refractivity (Wildman–Crippen MR) is 125 cm³/mol. The third kappa shape index (κ3) is 4.20. The highest BCUT2D eigenvalue weighted by Gasteiger charge is 2.25. The molecule has 0 aliphatic carbocycles. The molecule has 2 aromatic carbocycles. The van der Waals surface area contributed by atoms with Crippen LogP contribution < -0.4 is 5.73 Å². The SMILES string of the molecule is NC(=O)c1ncn2c(-c3ccccc3)cc(C(=O)N3CCN(Cc4ccccc4)CC3)nc12. The van der Waals surface area contributed by atoms with E-state index in [0.29, 0.717) is 13.1 Å². The van der Waals surface area contributed by atoms with Gasteiger partial charge in [-0.1, -0.05) is 60.7 Å². The number of nitrogens with zero attached hydrogens (tertiary/aromatic N) is 5. The number of benzene rings is 2. The quantitative estimate of drug-likeness (QED) is 0.514. The minimum Gasteiger partial charge on any atom is -0.364 e. The largest absolute Gasteiger partial charge is 0.364 e. The minimum atomic E-state index is -0.678. The Hall–Kier alpha value is -4.04. The molecule has 33 heavy (non-hydrogen) atoms. The lowest BCUT2D eigenvalue weighted by molar-refractivity contribution is 0.0622. The van der Waals surface area contributed by atoms with Gasteiger partial charge >= 0.3 is 0 Å². The van der Waals surface area contributed by atoms with Crippen LogP contribution in [0.4, 0.5) is 0 Å². The second-order valence-corrected chi connectivity index (χ2v) is 8.10. The van der Waals surface area contributed by atoms with Crippen molar-refractivity contribution in [3.63, 3.8) is 0 Å². The summed E-state index contributed by atoms with van der Waals surface area (Å²) in [7, 11) is 0.